The summed E-state index contributed by atoms with van der Waals surface area (Å²) >= 11 is 0. The molecule has 0 saturated carbocycles. The Morgan fingerprint density at radius 1 is 1.44 bits per heavy atom. The summed E-state index contributed by atoms with van der Waals surface area (Å²) in [5.74, 6) is -0.492. The molecule has 0 aromatic heterocycles. The predicted molar refractivity (Wildman–Crippen MR) is 67.4 cm³/mol. The molecule has 1 aromatic carbocycles. The molecule has 1 aliphatic rings. The van der Waals surface area contributed by atoms with E-state index >= 15 is 0 Å². The lowest BCUT2D eigenvalue weighted by atomic mass is 10.2. The summed E-state index contributed by atoms with van der Waals surface area (Å²) in [5.41, 5.74) is 0.176. The smallest absolute Gasteiger partial charge is 0.243 e. The Kier molecular flexibility index (Phi) is 3.70. The molecule has 1 unspecified atom stereocenters. The van der Waals surface area contributed by atoms with Crippen molar-refractivity contribution in [1.82, 2.24) is 9.62 Å². The number of halogens is 1. The first-order valence-electron chi connectivity index (χ1n) is 5.88. The second-order valence-corrected chi connectivity index (χ2v) is 6.50. The van der Waals surface area contributed by atoms with Crippen molar-refractivity contribution in [2.45, 2.75) is 24.3 Å². The highest BCUT2D eigenvalue weighted by Gasteiger charge is 2.31. The van der Waals surface area contributed by atoms with E-state index in [1.54, 1.807) is 7.05 Å². The second-order valence-electron chi connectivity index (χ2n) is 4.53. The fourth-order valence-corrected chi connectivity index (χ4v) is 3.79. The molecule has 18 heavy (non-hydrogen) atoms. The highest BCUT2D eigenvalue weighted by molar-refractivity contribution is 7.89. The van der Waals surface area contributed by atoms with Crippen LogP contribution >= 0.6 is 0 Å². The third-order valence-electron chi connectivity index (χ3n) is 3.42. The van der Waals surface area contributed by atoms with E-state index in [4.69, 9.17) is 0 Å². The van der Waals surface area contributed by atoms with E-state index in [2.05, 4.69) is 5.32 Å². The Balaban J connectivity index is 2.38. The highest BCUT2D eigenvalue weighted by atomic mass is 32.2. The van der Waals surface area contributed by atoms with Crippen molar-refractivity contribution in [3.63, 3.8) is 0 Å². The zero-order valence-corrected chi connectivity index (χ0v) is 11.3. The summed E-state index contributed by atoms with van der Waals surface area (Å²) < 4.78 is 39.6. The van der Waals surface area contributed by atoms with Crippen LogP contribution in [0.15, 0.2) is 23.1 Å². The fraction of sp³-hybridized carbons (Fsp3) is 0.500. The van der Waals surface area contributed by atoms with Crippen LogP contribution in [-0.2, 0) is 10.0 Å². The van der Waals surface area contributed by atoms with Gasteiger partial charge in [0.2, 0.25) is 10.0 Å². The van der Waals surface area contributed by atoms with Crippen LogP contribution in [0.5, 0.6) is 0 Å². The van der Waals surface area contributed by atoms with Crippen molar-refractivity contribution in [2.75, 3.05) is 20.1 Å². The number of hydrogen-bond acceptors (Lipinski definition) is 3. The first-order valence-corrected chi connectivity index (χ1v) is 7.32. The molecule has 1 atom stereocenters. The van der Waals surface area contributed by atoms with E-state index in [-0.39, 0.29) is 16.5 Å². The fourth-order valence-electron chi connectivity index (χ4n) is 2.17. The zero-order valence-electron chi connectivity index (χ0n) is 10.5. The Bertz CT molecular complexity index is 539. The van der Waals surface area contributed by atoms with Gasteiger partial charge in [-0.25, -0.2) is 12.8 Å². The lowest BCUT2D eigenvalue weighted by Crippen LogP contribution is -2.38. The molecule has 4 nitrogen and oxygen atoms in total. The molecule has 6 heteroatoms. The van der Waals surface area contributed by atoms with E-state index < -0.39 is 15.8 Å². The quantitative estimate of drug-likeness (QED) is 0.897. The maximum atomic E-state index is 13.5. The van der Waals surface area contributed by atoms with Gasteiger partial charge in [0.1, 0.15) is 5.82 Å². The van der Waals surface area contributed by atoms with Gasteiger partial charge in [-0.05, 0) is 32.0 Å². The van der Waals surface area contributed by atoms with Crippen LogP contribution in [0.1, 0.15) is 12.0 Å². The van der Waals surface area contributed by atoms with Crippen molar-refractivity contribution in [2.24, 2.45) is 0 Å². The highest BCUT2D eigenvalue weighted by Crippen LogP contribution is 2.23. The zero-order chi connectivity index (χ0) is 13.3. The Morgan fingerprint density at radius 2 is 2.17 bits per heavy atom. The van der Waals surface area contributed by atoms with Crippen LogP contribution in [0.25, 0.3) is 0 Å². The summed E-state index contributed by atoms with van der Waals surface area (Å²) in [5, 5.41) is 3.12. The molecule has 0 spiro atoms. The van der Waals surface area contributed by atoms with Crippen molar-refractivity contribution in [3.05, 3.63) is 29.6 Å². The normalized spacial score (nSPS) is 20.6. The molecular formula is C12H17FN2O2S. The van der Waals surface area contributed by atoms with E-state index in [0.29, 0.717) is 6.54 Å². The summed E-state index contributed by atoms with van der Waals surface area (Å²) in [6.45, 7) is 2.94. The van der Waals surface area contributed by atoms with E-state index in [1.807, 2.05) is 0 Å². The Morgan fingerprint density at radius 3 is 2.78 bits per heavy atom. The summed E-state index contributed by atoms with van der Waals surface area (Å²) in [7, 11) is -2.07. The minimum atomic E-state index is -3.62. The van der Waals surface area contributed by atoms with Crippen molar-refractivity contribution < 1.29 is 12.8 Å². The molecule has 0 aliphatic carbocycles. The third-order valence-corrected chi connectivity index (χ3v) is 5.48. The van der Waals surface area contributed by atoms with Gasteiger partial charge in [0.25, 0.3) is 0 Å². The van der Waals surface area contributed by atoms with Crippen molar-refractivity contribution in [1.29, 1.82) is 0 Å². The largest absolute Gasteiger partial charge is 0.315 e. The molecule has 0 radical (unpaired) electrons. The van der Waals surface area contributed by atoms with E-state index in [1.165, 1.54) is 29.4 Å². The molecule has 1 saturated heterocycles. The molecule has 2 rings (SSSR count). The maximum absolute atomic E-state index is 13.5. The molecule has 0 bridgehead atoms. The van der Waals surface area contributed by atoms with Gasteiger partial charge in [-0.15, -0.1) is 0 Å². The van der Waals surface area contributed by atoms with Gasteiger partial charge < -0.3 is 5.32 Å². The standard InChI is InChI=1S/C12H17FN2O2S/c1-9-11(13)4-3-5-12(9)18(16,17)15(2)10-6-7-14-8-10/h3-5,10,14H,6-8H2,1-2H3. The minimum absolute atomic E-state index is 0.0527. The van der Waals surface area contributed by atoms with Crippen molar-refractivity contribution >= 4 is 10.0 Å². The second kappa shape index (κ2) is 4.95. The predicted octanol–water partition coefficient (Wildman–Crippen LogP) is 1.12. The SMILES string of the molecule is Cc1c(F)cccc1S(=O)(=O)N(C)C1CCNC1. The maximum Gasteiger partial charge on any atom is 0.243 e. The van der Waals surface area contributed by atoms with Crippen LogP contribution in [-0.4, -0.2) is 38.9 Å². The van der Waals surface area contributed by atoms with Crippen LogP contribution in [0.3, 0.4) is 0 Å². The number of nitrogens with zero attached hydrogens (tertiary/aromatic N) is 1. The van der Waals surface area contributed by atoms with Crippen LogP contribution in [0.4, 0.5) is 4.39 Å². The van der Waals surface area contributed by atoms with E-state index in [0.717, 1.165) is 13.0 Å². The Hall–Kier alpha value is -0.980. The molecule has 1 fully saturated rings. The molecule has 100 valence electrons. The van der Waals surface area contributed by atoms with Gasteiger partial charge in [0, 0.05) is 25.2 Å². The lowest BCUT2D eigenvalue weighted by Gasteiger charge is -2.24. The number of nitrogens with one attached hydrogen (secondary N) is 1. The van der Waals surface area contributed by atoms with Crippen LogP contribution < -0.4 is 5.32 Å². The van der Waals surface area contributed by atoms with Gasteiger partial charge >= 0.3 is 0 Å². The van der Waals surface area contributed by atoms with Crippen molar-refractivity contribution in [3.8, 4) is 0 Å². The minimum Gasteiger partial charge on any atom is -0.315 e. The van der Waals surface area contributed by atoms with Gasteiger partial charge in [-0.1, -0.05) is 6.07 Å². The topological polar surface area (TPSA) is 49.4 Å². The van der Waals surface area contributed by atoms with Gasteiger partial charge in [-0.2, -0.15) is 4.31 Å². The number of benzene rings is 1. The molecule has 0 amide bonds. The van der Waals surface area contributed by atoms with E-state index in [9.17, 15) is 12.8 Å². The summed E-state index contributed by atoms with van der Waals surface area (Å²) in [6.07, 6.45) is 0.782. The van der Waals surface area contributed by atoms with Crippen LogP contribution in [0, 0.1) is 12.7 Å². The number of sulfonamides is 1. The Labute approximate surface area is 107 Å². The number of likely N-dealkylation sites (N-methyl/N-ethyl adjacent to an activating group) is 1. The van der Waals surface area contributed by atoms with Gasteiger partial charge in [0.05, 0.1) is 4.90 Å². The first kappa shape index (κ1) is 13.5. The van der Waals surface area contributed by atoms with Crippen LogP contribution in [0.2, 0.25) is 0 Å². The molecule has 1 aliphatic heterocycles. The molecule has 1 heterocycles. The number of hydrogen-bond donors (Lipinski definition) is 1. The van der Waals surface area contributed by atoms with Gasteiger partial charge in [0.15, 0.2) is 0 Å². The summed E-state index contributed by atoms with van der Waals surface area (Å²) in [6, 6.07) is 4.09. The number of rotatable bonds is 3. The average molecular weight is 272 g/mol. The first-order chi connectivity index (χ1) is 8.44. The van der Waals surface area contributed by atoms with Gasteiger partial charge in [-0.3, -0.25) is 0 Å². The summed E-state index contributed by atoms with van der Waals surface area (Å²) in [4.78, 5) is 0.0527. The average Bonchev–Trinajstić information content (AvgIpc) is 2.85. The third kappa shape index (κ3) is 2.28. The molecular weight excluding hydrogens is 255 g/mol. The lowest BCUT2D eigenvalue weighted by molar-refractivity contribution is 0.387. The molecule has 1 N–H and O–H groups in total. The monoisotopic (exact) mass is 272 g/mol. The molecule has 1 aromatic rings.